The van der Waals surface area contributed by atoms with Gasteiger partial charge < -0.3 is 10.1 Å². The monoisotopic (exact) mass is 354 g/mol. The maximum absolute atomic E-state index is 11.9. The molecule has 1 aromatic carbocycles. The average Bonchev–Trinajstić information content (AvgIpc) is 2.87. The summed E-state index contributed by atoms with van der Waals surface area (Å²) >= 11 is 4.92. The SMILES string of the molecule is COCc1nc(CCNC(=O)c2ccc(Br)cc2)cs1. The van der Waals surface area contributed by atoms with E-state index in [1.54, 1.807) is 30.6 Å². The van der Waals surface area contributed by atoms with Crippen LogP contribution < -0.4 is 5.32 Å². The highest BCUT2D eigenvalue weighted by Gasteiger charge is 2.06. The zero-order valence-electron chi connectivity index (χ0n) is 11.1. The summed E-state index contributed by atoms with van der Waals surface area (Å²) in [5, 5.41) is 5.85. The molecule has 20 heavy (non-hydrogen) atoms. The number of thiazole rings is 1. The zero-order chi connectivity index (χ0) is 14.4. The van der Waals surface area contributed by atoms with Gasteiger partial charge in [-0.3, -0.25) is 4.79 Å². The molecular formula is C14H15BrN2O2S. The molecule has 0 fully saturated rings. The number of aromatic nitrogens is 1. The van der Waals surface area contributed by atoms with Gasteiger partial charge in [-0.2, -0.15) is 0 Å². The highest BCUT2D eigenvalue weighted by Crippen LogP contribution is 2.12. The Hall–Kier alpha value is -1.24. The topological polar surface area (TPSA) is 51.2 Å². The number of halogens is 1. The van der Waals surface area contributed by atoms with E-state index in [1.165, 1.54) is 0 Å². The molecule has 0 saturated heterocycles. The maximum atomic E-state index is 11.9. The van der Waals surface area contributed by atoms with Crippen LogP contribution in [0.15, 0.2) is 34.1 Å². The molecule has 0 aliphatic heterocycles. The number of amides is 1. The Morgan fingerprint density at radius 2 is 2.15 bits per heavy atom. The lowest BCUT2D eigenvalue weighted by Gasteiger charge is -2.04. The van der Waals surface area contributed by atoms with Crippen LogP contribution in [0.3, 0.4) is 0 Å². The van der Waals surface area contributed by atoms with Crippen LogP contribution in [0.4, 0.5) is 0 Å². The van der Waals surface area contributed by atoms with Crippen LogP contribution in [-0.2, 0) is 17.8 Å². The number of rotatable bonds is 6. The first-order chi connectivity index (χ1) is 9.69. The summed E-state index contributed by atoms with van der Waals surface area (Å²) in [6, 6.07) is 7.29. The summed E-state index contributed by atoms with van der Waals surface area (Å²) < 4.78 is 5.99. The van der Waals surface area contributed by atoms with Gasteiger partial charge in [-0.15, -0.1) is 11.3 Å². The molecule has 106 valence electrons. The molecule has 0 aliphatic rings. The third-order valence-electron chi connectivity index (χ3n) is 2.64. The third kappa shape index (κ3) is 4.40. The molecule has 1 aromatic heterocycles. The summed E-state index contributed by atoms with van der Waals surface area (Å²) in [6.07, 6.45) is 0.725. The Kier molecular flexibility index (Phi) is 5.70. The van der Waals surface area contributed by atoms with Crippen LogP contribution in [0.5, 0.6) is 0 Å². The minimum Gasteiger partial charge on any atom is -0.378 e. The Labute approximate surface area is 130 Å². The number of carbonyl (C=O) groups excluding carboxylic acids is 1. The van der Waals surface area contributed by atoms with Crippen molar-refractivity contribution in [3.05, 3.63) is 50.4 Å². The van der Waals surface area contributed by atoms with Crippen LogP contribution in [0.25, 0.3) is 0 Å². The van der Waals surface area contributed by atoms with E-state index in [1.807, 2.05) is 17.5 Å². The predicted molar refractivity (Wildman–Crippen MR) is 83.0 cm³/mol. The summed E-state index contributed by atoms with van der Waals surface area (Å²) in [6.45, 7) is 1.11. The molecule has 2 aromatic rings. The second-order valence-electron chi connectivity index (χ2n) is 4.18. The molecule has 0 radical (unpaired) electrons. The van der Waals surface area contributed by atoms with E-state index < -0.39 is 0 Å². The van der Waals surface area contributed by atoms with Gasteiger partial charge in [-0.1, -0.05) is 15.9 Å². The minimum atomic E-state index is -0.0650. The maximum Gasteiger partial charge on any atom is 0.251 e. The first-order valence-corrected chi connectivity index (χ1v) is 7.82. The van der Waals surface area contributed by atoms with E-state index in [0.29, 0.717) is 18.7 Å². The molecule has 0 spiro atoms. The number of hydrogen-bond donors (Lipinski definition) is 1. The van der Waals surface area contributed by atoms with Gasteiger partial charge in [0.25, 0.3) is 5.91 Å². The number of nitrogens with zero attached hydrogens (tertiary/aromatic N) is 1. The number of nitrogens with one attached hydrogen (secondary N) is 1. The van der Waals surface area contributed by atoms with Crippen molar-refractivity contribution in [3.63, 3.8) is 0 Å². The smallest absolute Gasteiger partial charge is 0.251 e. The molecule has 1 amide bonds. The molecule has 0 unspecified atom stereocenters. The van der Waals surface area contributed by atoms with Gasteiger partial charge in [0.15, 0.2) is 0 Å². The van der Waals surface area contributed by atoms with Crippen LogP contribution in [-0.4, -0.2) is 24.5 Å². The fraction of sp³-hybridized carbons (Fsp3) is 0.286. The van der Waals surface area contributed by atoms with Crippen molar-refractivity contribution in [2.75, 3.05) is 13.7 Å². The number of methoxy groups -OCH3 is 1. The molecule has 2 rings (SSSR count). The van der Waals surface area contributed by atoms with E-state index in [-0.39, 0.29) is 5.91 Å². The molecule has 1 N–H and O–H groups in total. The van der Waals surface area contributed by atoms with Gasteiger partial charge >= 0.3 is 0 Å². The average molecular weight is 355 g/mol. The molecule has 0 saturated carbocycles. The third-order valence-corrected chi connectivity index (χ3v) is 4.04. The lowest BCUT2D eigenvalue weighted by molar-refractivity contribution is 0.0954. The highest BCUT2D eigenvalue weighted by molar-refractivity contribution is 9.10. The Morgan fingerprint density at radius 3 is 2.85 bits per heavy atom. The van der Waals surface area contributed by atoms with E-state index in [0.717, 1.165) is 21.6 Å². The van der Waals surface area contributed by atoms with Crippen molar-refractivity contribution in [1.29, 1.82) is 0 Å². The van der Waals surface area contributed by atoms with E-state index in [9.17, 15) is 4.79 Å². The Bertz CT molecular complexity index is 569. The molecule has 0 bridgehead atoms. The molecule has 0 aliphatic carbocycles. The van der Waals surface area contributed by atoms with Crippen molar-refractivity contribution in [1.82, 2.24) is 10.3 Å². The number of carbonyl (C=O) groups is 1. The van der Waals surface area contributed by atoms with Gasteiger partial charge in [0.2, 0.25) is 0 Å². The first-order valence-electron chi connectivity index (χ1n) is 6.15. The number of hydrogen-bond acceptors (Lipinski definition) is 4. The van der Waals surface area contributed by atoms with Gasteiger partial charge in [0.05, 0.1) is 12.3 Å². The van der Waals surface area contributed by atoms with Crippen molar-refractivity contribution in [2.24, 2.45) is 0 Å². The lowest BCUT2D eigenvalue weighted by atomic mass is 10.2. The van der Waals surface area contributed by atoms with Crippen LogP contribution in [0, 0.1) is 0 Å². The van der Waals surface area contributed by atoms with Crippen molar-refractivity contribution in [3.8, 4) is 0 Å². The van der Waals surface area contributed by atoms with Gasteiger partial charge in [0.1, 0.15) is 5.01 Å². The van der Waals surface area contributed by atoms with Gasteiger partial charge in [-0.25, -0.2) is 4.98 Å². The molecule has 0 atom stereocenters. The zero-order valence-corrected chi connectivity index (χ0v) is 13.5. The van der Waals surface area contributed by atoms with Gasteiger partial charge in [0, 0.05) is 35.5 Å². The molecule has 6 heteroatoms. The summed E-state index contributed by atoms with van der Waals surface area (Å²) in [4.78, 5) is 16.3. The number of ether oxygens (including phenoxy) is 1. The van der Waals surface area contributed by atoms with Crippen molar-refractivity contribution in [2.45, 2.75) is 13.0 Å². The second kappa shape index (κ2) is 7.52. The van der Waals surface area contributed by atoms with E-state index in [2.05, 4.69) is 26.2 Å². The van der Waals surface area contributed by atoms with E-state index >= 15 is 0 Å². The molecule has 1 heterocycles. The lowest BCUT2D eigenvalue weighted by Crippen LogP contribution is -2.25. The minimum absolute atomic E-state index is 0.0650. The summed E-state index contributed by atoms with van der Waals surface area (Å²) in [7, 11) is 1.65. The van der Waals surface area contributed by atoms with Gasteiger partial charge in [-0.05, 0) is 24.3 Å². The van der Waals surface area contributed by atoms with Crippen molar-refractivity contribution >= 4 is 33.2 Å². The quantitative estimate of drug-likeness (QED) is 0.867. The standard InChI is InChI=1S/C14H15BrN2O2S/c1-19-8-13-17-12(9-20-13)6-7-16-14(18)10-2-4-11(15)5-3-10/h2-5,9H,6-8H2,1H3,(H,16,18). The van der Waals surface area contributed by atoms with E-state index in [4.69, 9.17) is 4.74 Å². The van der Waals surface area contributed by atoms with Crippen molar-refractivity contribution < 1.29 is 9.53 Å². The summed E-state index contributed by atoms with van der Waals surface area (Å²) in [5.41, 5.74) is 1.64. The molecular weight excluding hydrogens is 340 g/mol. The fourth-order valence-corrected chi connectivity index (χ4v) is 2.72. The normalized spacial score (nSPS) is 10.5. The largest absolute Gasteiger partial charge is 0.378 e. The summed E-state index contributed by atoms with van der Waals surface area (Å²) in [5.74, 6) is -0.0650. The fourth-order valence-electron chi connectivity index (χ4n) is 1.66. The van der Waals surface area contributed by atoms with Crippen LogP contribution in [0.1, 0.15) is 21.1 Å². The highest BCUT2D eigenvalue weighted by atomic mass is 79.9. The number of benzene rings is 1. The van der Waals surface area contributed by atoms with Crippen LogP contribution >= 0.6 is 27.3 Å². The molecule has 4 nitrogen and oxygen atoms in total. The van der Waals surface area contributed by atoms with Crippen LogP contribution in [0.2, 0.25) is 0 Å². The second-order valence-corrected chi connectivity index (χ2v) is 6.04. The Morgan fingerprint density at radius 1 is 1.40 bits per heavy atom. The predicted octanol–water partition coefficient (Wildman–Crippen LogP) is 3.02. The Balaban J connectivity index is 1.80. The first kappa shape index (κ1) is 15.2.